The van der Waals surface area contributed by atoms with Crippen molar-refractivity contribution in [2.45, 2.75) is 23.5 Å². The summed E-state index contributed by atoms with van der Waals surface area (Å²) in [5.74, 6) is 0.620. The summed E-state index contributed by atoms with van der Waals surface area (Å²) in [5, 5.41) is 0.497. The highest BCUT2D eigenvalue weighted by Crippen LogP contribution is 2.38. The molecule has 0 radical (unpaired) electrons. The minimum Gasteiger partial charge on any atom is -0.496 e. The summed E-state index contributed by atoms with van der Waals surface area (Å²) in [6, 6.07) is 15.5. The van der Waals surface area contributed by atoms with Crippen molar-refractivity contribution in [1.82, 2.24) is 0 Å². The van der Waals surface area contributed by atoms with E-state index in [9.17, 15) is 4.79 Å². The van der Waals surface area contributed by atoms with E-state index in [1.807, 2.05) is 59.1 Å². The van der Waals surface area contributed by atoms with Gasteiger partial charge in [-0.05, 0) is 30.7 Å². The molecule has 0 spiro atoms. The van der Waals surface area contributed by atoms with Gasteiger partial charge in [0.15, 0.2) is 0 Å². The fourth-order valence-electron chi connectivity index (χ4n) is 2.66. The molecule has 1 heterocycles. The predicted octanol–water partition coefficient (Wildman–Crippen LogP) is 4.23. The van der Waals surface area contributed by atoms with Crippen LogP contribution in [0.4, 0.5) is 5.69 Å². The SMILES string of the molecule is COc1ccccc1C(=O)N1CCC(C)Sc2ccccc21. The number of anilines is 1. The number of hydrogen-bond acceptors (Lipinski definition) is 3. The second-order valence-corrected chi connectivity index (χ2v) is 6.82. The van der Waals surface area contributed by atoms with Gasteiger partial charge >= 0.3 is 0 Å². The molecule has 0 saturated heterocycles. The molecule has 1 amide bonds. The Kier molecular flexibility index (Phi) is 4.39. The number of rotatable bonds is 2. The Morgan fingerprint density at radius 2 is 1.91 bits per heavy atom. The van der Waals surface area contributed by atoms with Gasteiger partial charge in [-0.2, -0.15) is 0 Å². The number of carbonyl (C=O) groups excluding carboxylic acids is 1. The van der Waals surface area contributed by atoms with E-state index in [4.69, 9.17) is 4.74 Å². The quantitative estimate of drug-likeness (QED) is 0.831. The largest absolute Gasteiger partial charge is 0.496 e. The Balaban J connectivity index is 2.02. The molecule has 1 unspecified atom stereocenters. The minimum absolute atomic E-state index is 0.000370. The van der Waals surface area contributed by atoms with Crippen LogP contribution in [0.2, 0.25) is 0 Å². The summed E-state index contributed by atoms with van der Waals surface area (Å²) in [5.41, 5.74) is 1.60. The van der Waals surface area contributed by atoms with Gasteiger partial charge in [0.05, 0.1) is 18.4 Å². The highest BCUT2D eigenvalue weighted by molar-refractivity contribution is 8.00. The summed E-state index contributed by atoms with van der Waals surface area (Å²) in [6.07, 6.45) is 0.972. The average molecular weight is 313 g/mol. The topological polar surface area (TPSA) is 29.5 Å². The maximum absolute atomic E-state index is 13.0. The molecule has 0 saturated carbocycles. The van der Waals surface area contributed by atoms with Crippen LogP contribution in [0.1, 0.15) is 23.7 Å². The van der Waals surface area contributed by atoms with E-state index in [1.54, 1.807) is 7.11 Å². The molecule has 1 aliphatic rings. The van der Waals surface area contributed by atoms with Gasteiger partial charge < -0.3 is 9.64 Å². The van der Waals surface area contributed by atoms with Crippen molar-refractivity contribution in [1.29, 1.82) is 0 Å². The molecule has 0 fully saturated rings. The van der Waals surface area contributed by atoms with Gasteiger partial charge in [0.2, 0.25) is 0 Å². The normalized spacial score (nSPS) is 17.5. The number of amides is 1. The van der Waals surface area contributed by atoms with Gasteiger partial charge in [0, 0.05) is 16.7 Å². The lowest BCUT2D eigenvalue weighted by Gasteiger charge is -2.23. The molecule has 114 valence electrons. The fraction of sp³-hybridized carbons (Fsp3) is 0.278. The molecule has 3 rings (SSSR count). The number of para-hydroxylation sites is 2. The van der Waals surface area contributed by atoms with Crippen LogP contribution in [-0.4, -0.2) is 24.8 Å². The molecular formula is C18H19NO2S. The second-order valence-electron chi connectivity index (χ2n) is 5.34. The average Bonchev–Trinajstić information content (AvgIpc) is 2.72. The van der Waals surface area contributed by atoms with Crippen molar-refractivity contribution >= 4 is 23.4 Å². The van der Waals surface area contributed by atoms with E-state index < -0.39 is 0 Å². The smallest absolute Gasteiger partial charge is 0.262 e. The maximum atomic E-state index is 13.0. The fourth-order valence-corrected chi connectivity index (χ4v) is 3.78. The first kappa shape index (κ1) is 15.0. The number of thioether (sulfide) groups is 1. The molecule has 0 bridgehead atoms. The summed E-state index contributed by atoms with van der Waals surface area (Å²) in [6.45, 7) is 2.93. The van der Waals surface area contributed by atoms with Crippen molar-refractivity contribution in [2.24, 2.45) is 0 Å². The summed E-state index contributed by atoms with van der Waals surface area (Å²) < 4.78 is 5.34. The lowest BCUT2D eigenvalue weighted by molar-refractivity contribution is 0.0983. The first-order valence-corrected chi connectivity index (χ1v) is 8.29. The van der Waals surface area contributed by atoms with Crippen molar-refractivity contribution in [3.63, 3.8) is 0 Å². The lowest BCUT2D eigenvalue weighted by atomic mass is 10.1. The third kappa shape index (κ3) is 2.83. The van der Waals surface area contributed by atoms with Crippen LogP contribution in [0.25, 0.3) is 0 Å². The predicted molar refractivity (Wildman–Crippen MR) is 91.0 cm³/mol. The van der Waals surface area contributed by atoms with E-state index in [1.165, 1.54) is 0 Å². The molecular weight excluding hydrogens is 294 g/mol. The van der Waals surface area contributed by atoms with Crippen LogP contribution in [0, 0.1) is 0 Å². The van der Waals surface area contributed by atoms with Gasteiger partial charge in [-0.15, -0.1) is 11.8 Å². The maximum Gasteiger partial charge on any atom is 0.262 e. The van der Waals surface area contributed by atoms with Gasteiger partial charge in [-0.3, -0.25) is 4.79 Å². The molecule has 1 atom stereocenters. The number of methoxy groups -OCH3 is 1. The van der Waals surface area contributed by atoms with E-state index in [-0.39, 0.29) is 5.91 Å². The van der Waals surface area contributed by atoms with Crippen LogP contribution >= 0.6 is 11.8 Å². The van der Waals surface area contributed by atoms with E-state index in [0.717, 1.165) is 23.5 Å². The highest BCUT2D eigenvalue weighted by Gasteiger charge is 2.26. The monoisotopic (exact) mass is 313 g/mol. The second kappa shape index (κ2) is 6.44. The highest BCUT2D eigenvalue weighted by atomic mass is 32.2. The Hall–Kier alpha value is -1.94. The molecule has 0 N–H and O–H groups in total. The first-order chi connectivity index (χ1) is 10.7. The number of nitrogens with zero attached hydrogens (tertiary/aromatic N) is 1. The zero-order valence-corrected chi connectivity index (χ0v) is 13.6. The van der Waals surface area contributed by atoms with E-state index in [0.29, 0.717) is 16.6 Å². The van der Waals surface area contributed by atoms with Crippen LogP contribution in [0.3, 0.4) is 0 Å². The number of fused-ring (bicyclic) bond motifs is 1. The number of carbonyl (C=O) groups is 1. The Bertz CT molecular complexity index is 686. The molecule has 2 aromatic rings. The number of ether oxygens (including phenoxy) is 1. The summed E-state index contributed by atoms with van der Waals surface area (Å²) in [4.78, 5) is 16.1. The van der Waals surface area contributed by atoms with Gasteiger partial charge in [-0.1, -0.05) is 31.2 Å². The molecule has 2 aromatic carbocycles. The molecule has 0 aliphatic carbocycles. The molecule has 4 heteroatoms. The Morgan fingerprint density at radius 3 is 2.73 bits per heavy atom. The van der Waals surface area contributed by atoms with Gasteiger partial charge in [-0.25, -0.2) is 0 Å². The van der Waals surface area contributed by atoms with Gasteiger partial charge in [0.1, 0.15) is 5.75 Å². The third-order valence-corrected chi connectivity index (χ3v) is 5.06. The van der Waals surface area contributed by atoms with Crippen molar-refractivity contribution in [3.8, 4) is 5.75 Å². The molecule has 22 heavy (non-hydrogen) atoms. The summed E-state index contributed by atoms with van der Waals surface area (Å²) in [7, 11) is 1.60. The third-order valence-electron chi connectivity index (χ3n) is 3.83. The lowest BCUT2D eigenvalue weighted by Crippen LogP contribution is -2.32. The van der Waals surface area contributed by atoms with Crippen LogP contribution < -0.4 is 9.64 Å². The molecule has 1 aliphatic heterocycles. The van der Waals surface area contributed by atoms with E-state index >= 15 is 0 Å². The molecule has 0 aromatic heterocycles. The van der Waals surface area contributed by atoms with Crippen molar-refractivity contribution in [3.05, 3.63) is 54.1 Å². The summed E-state index contributed by atoms with van der Waals surface area (Å²) >= 11 is 1.83. The zero-order valence-electron chi connectivity index (χ0n) is 12.8. The van der Waals surface area contributed by atoms with Crippen LogP contribution in [-0.2, 0) is 0 Å². The number of benzene rings is 2. The van der Waals surface area contributed by atoms with Crippen LogP contribution in [0.5, 0.6) is 5.75 Å². The zero-order chi connectivity index (χ0) is 15.5. The standard InChI is InChI=1S/C18H19NO2S/c1-13-11-12-19(15-8-4-6-10-17(15)22-13)18(20)14-7-3-5-9-16(14)21-2/h3-10,13H,11-12H2,1-2H3. The van der Waals surface area contributed by atoms with Crippen molar-refractivity contribution in [2.75, 3.05) is 18.6 Å². The molecule has 3 nitrogen and oxygen atoms in total. The number of hydrogen-bond donors (Lipinski definition) is 0. The first-order valence-electron chi connectivity index (χ1n) is 7.41. The Labute approximate surface area is 135 Å². The minimum atomic E-state index is -0.000370. The Morgan fingerprint density at radius 1 is 1.18 bits per heavy atom. The van der Waals surface area contributed by atoms with Crippen molar-refractivity contribution < 1.29 is 9.53 Å². The van der Waals surface area contributed by atoms with Crippen LogP contribution in [0.15, 0.2) is 53.4 Å². The van der Waals surface area contributed by atoms with Gasteiger partial charge in [0.25, 0.3) is 5.91 Å². The van der Waals surface area contributed by atoms with E-state index in [2.05, 4.69) is 13.0 Å².